The minimum absolute atomic E-state index is 0.0663. The molecule has 0 aromatic heterocycles. The van der Waals surface area contributed by atoms with Crippen LogP contribution in [0.25, 0.3) is 0 Å². The molecule has 0 aliphatic heterocycles. The number of amides is 1. The van der Waals surface area contributed by atoms with Crippen molar-refractivity contribution < 1.29 is 13.2 Å². The molecule has 0 bridgehead atoms. The first-order valence-electron chi connectivity index (χ1n) is 8.17. The molecule has 1 unspecified atom stereocenters. The summed E-state index contributed by atoms with van der Waals surface area (Å²) in [6, 6.07) is 13.9. The van der Waals surface area contributed by atoms with E-state index in [0.717, 1.165) is 12.0 Å². The number of nitrogens with one attached hydrogen (secondary N) is 1. The van der Waals surface area contributed by atoms with Crippen molar-refractivity contribution in [1.82, 2.24) is 5.32 Å². The van der Waals surface area contributed by atoms with Gasteiger partial charge in [0.2, 0.25) is 10.0 Å². The molecule has 0 saturated carbocycles. The van der Waals surface area contributed by atoms with Gasteiger partial charge in [0.05, 0.1) is 10.9 Å². The summed E-state index contributed by atoms with van der Waals surface area (Å²) in [4.78, 5) is 12.7. The number of primary sulfonamides is 1. The third-order valence-corrected chi connectivity index (χ3v) is 4.91. The van der Waals surface area contributed by atoms with Crippen molar-refractivity contribution in [2.45, 2.75) is 38.1 Å². The Balaban J connectivity index is 2.32. The highest BCUT2D eigenvalue weighted by Crippen LogP contribution is 2.23. The van der Waals surface area contributed by atoms with Gasteiger partial charge in [-0.25, -0.2) is 13.6 Å². The fourth-order valence-electron chi connectivity index (χ4n) is 2.69. The molecule has 134 valence electrons. The van der Waals surface area contributed by atoms with Gasteiger partial charge in [0.25, 0.3) is 5.91 Å². The van der Waals surface area contributed by atoms with Gasteiger partial charge >= 0.3 is 0 Å². The predicted molar refractivity (Wildman–Crippen MR) is 98.7 cm³/mol. The van der Waals surface area contributed by atoms with Gasteiger partial charge in [0, 0.05) is 5.56 Å². The van der Waals surface area contributed by atoms with E-state index in [1.54, 1.807) is 13.0 Å². The largest absolute Gasteiger partial charge is 0.345 e. The molecular weight excluding hydrogens is 336 g/mol. The topological polar surface area (TPSA) is 89.3 Å². The number of hydrogen-bond acceptors (Lipinski definition) is 3. The van der Waals surface area contributed by atoms with E-state index in [1.807, 2.05) is 30.3 Å². The van der Waals surface area contributed by atoms with Gasteiger partial charge in [-0.15, -0.1) is 0 Å². The maximum absolute atomic E-state index is 12.8. The molecule has 0 saturated heterocycles. The lowest BCUT2D eigenvalue weighted by Gasteiger charge is -2.22. The summed E-state index contributed by atoms with van der Waals surface area (Å²) in [6.07, 6.45) is 0.781. The number of rotatable bonds is 6. The highest BCUT2D eigenvalue weighted by atomic mass is 32.2. The molecule has 5 nitrogen and oxygen atoms in total. The molecule has 0 fully saturated rings. The van der Waals surface area contributed by atoms with Gasteiger partial charge in [-0.3, -0.25) is 4.79 Å². The molecule has 1 amide bonds. The van der Waals surface area contributed by atoms with E-state index in [4.69, 9.17) is 5.14 Å². The molecule has 3 N–H and O–H groups in total. The Morgan fingerprint density at radius 1 is 1.12 bits per heavy atom. The van der Waals surface area contributed by atoms with Crippen molar-refractivity contribution in [3.8, 4) is 0 Å². The lowest BCUT2D eigenvalue weighted by atomic mass is 9.96. The molecular formula is C19H24N2O3S. The van der Waals surface area contributed by atoms with Crippen LogP contribution in [0.1, 0.15) is 47.8 Å². The van der Waals surface area contributed by atoms with Crippen LogP contribution in [0.4, 0.5) is 0 Å². The van der Waals surface area contributed by atoms with Crippen molar-refractivity contribution >= 4 is 15.9 Å². The zero-order valence-corrected chi connectivity index (χ0v) is 15.5. The van der Waals surface area contributed by atoms with Crippen LogP contribution in [0.2, 0.25) is 0 Å². The zero-order valence-electron chi connectivity index (χ0n) is 14.7. The number of hydrogen-bond donors (Lipinski definition) is 2. The summed E-state index contributed by atoms with van der Waals surface area (Å²) < 4.78 is 23.1. The molecule has 1 atom stereocenters. The van der Waals surface area contributed by atoms with Crippen LogP contribution in [0.5, 0.6) is 0 Å². The van der Waals surface area contributed by atoms with Crippen LogP contribution >= 0.6 is 0 Å². The van der Waals surface area contributed by atoms with Gasteiger partial charge in [0.15, 0.2) is 0 Å². The molecule has 0 aliphatic rings. The number of sulfonamides is 1. The van der Waals surface area contributed by atoms with E-state index in [2.05, 4.69) is 19.2 Å². The third kappa shape index (κ3) is 5.14. The van der Waals surface area contributed by atoms with Crippen molar-refractivity contribution in [3.05, 3.63) is 65.2 Å². The molecule has 2 aromatic carbocycles. The summed E-state index contributed by atoms with van der Waals surface area (Å²) >= 11 is 0. The summed E-state index contributed by atoms with van der Waals surface area (Å²) in [5.41, 5.74) is 2.03. The Hall–Kier alpha value is -2.18. The maximum atomic E-state index is 12.8. The van der Waals surface area contributed by atoms with Crippen LogP contribution < -0.4 is 10.5 Å². The first-order chi connectivity index (χ1) is 11.7. The Bertz CT molecular complexity index is 846. The molecule has 25 heavy (non-hydrogen) atoms. The van der Waals surface area contributed by atoms with E-state index in [1.165, 1.54) is 12.1 Å². The Kier molecular flexibility index (Phi) is 5.98. The van der Waals surface area contributed by atoms with Gasteiger partial charge < -0.3 is 5.32 Å². The van der Waals surface area contributed by atoms with Crippen molar-refractivity contribution in [2.75, 3.05) is 0 Å². The fourth-order valence-corrected chi connectivity index (χ4v) is 3.23. The number of aryl methyl sites for hydroxylation is 1. The Labute approximate surface area is 149 Å². The number of carbonyl (C=O) groups excluding carboxylic acids is 1. The first kappa shape index (κ1) is 19.1. The van der Waals surface area contributed by atoms with Crippen LogP contribution in [0.15, 0.2) is 53.4 Å². The standard InChI is InChI=1S/C19H24N2O3S/c1-13(2)11-18(15-7-5-4-6-8-15)21-19(22)17-12-16(25(20,23)24)10-9-14(17)3/h4-10,12-13,18H,11H2,1-3H3,(H,21,22)(H2,20,23,24). The average Bonchev–Trinajstić information content (AvgIpc) is 2.53. The van der Waals surface area contributed by atoms with Gasteiger partial charge in [-0.2, -0.15) is 0 Å². The lowest BCUT2D eigenvalue weighted by molar-refractivity contribution is 0.0931. The SMILES string of the molecule is Cc1ccc(S(N)(=O)=O)cc1C(=O)NC(CC(C)C)c1ccccc1. The van der Waals surface area contributed by atoms with Crippen LogP contribution in [0.3, 0.4) is 0 Å². The zero-order chi connectivity index (χ0) is 18.6. The van der Waals surface area contributed by atoms with Crippen LogP contribution in [0, 0.1) is 12.8 Å². The summed E-state index contributed by atoms with van der Waals surface area (Å²) in [5, 5.41) is 8.20. The van der Waals surface area contributed by atoms with E-state index >= 15 is 0 Å². The van der Waals surface area contributed by atoms with E-state index < -0.39 is 10.0 Å². The van der Waals surface area contributed by atoms with Crippen LogP contribution in [-0.2, 0) is 10.0 Å². The Morgan fingerprint density at radius 2 is 1.76 bits per heavy atom. The maximum Gasteiger partial charge on any atom is 0.252 e. The first-order valence-corrected chi connectivity index (χ1v) is 9.72. The summed E-state index contributed by atoms with van der Waals surface area (Å²) in [6.45, 7) is 5.95. The molecule has 6 heteroatoms. The third-order valence-electron chi connectivity index (χ3n) is 4.00. The van der Waals surface area contributed by atoms with Crippen molar-refractivity contribution in [2.24, 2.45) is 11.1 Å². The normalized spacial score (nSPS) is 12.8. The summed E-state index contributed by atoms with van der Waals surface area (Å²) in [5.74, 6) is 0.0832. The van der Waals surface area contributed by atoms with Gasteiger partial charge in [-0.1, -0.05) is 50.2 Å². The van der Waals surface area contributed by atoms with Crippen LogP contribution in [-0.4, -0.2) is 14.3 Å². The second kappa shape index (κ2) is 7.80. The van der Waals surface area contributed by atoms with Crippen molar-refractivity contribution in [1.29, 1.82) is 0 Å². The minimum Gasteiger partial charge on any atom is -0.345 e. The van der Waals surface area contributed by atoms with Crippen molar-refractivity contribution in [3.63, 3.8) is 0 Å². The fraction of sp³-hybridized carbons (Fsp3) is 0.316. The second-order valence-electron chi connectivity index (χ2n) is 6.59. The van der Waals surface area contributed by atoms with E-state index in [-0.39, 0.29) is 16.8 Å². The highest BCUT2D eigenvalue weighted by molar-refractivity contribution is 7.89. The number of benzene rings is 2. The average molecular weight is 360 g/mol. The number of nitrogens with two attached hydrogens (primary N) is 1. The van der Waals surface area contributed by atoms with E-state index in [9.17, 15) is 13.2 Å². The Morgan fingerprint density at radius 3 is 2.32 bits per heavy atom. The summed E-state index contributed by atoms with van der Waals surface area (Å²) in [7, 11) is -3.86. The molecule has 2 rings (SSSR count). The second-order valence-corrected chi connectivity index (χ2v) is 8.15. The quantitative estimate of drug-likeness (QED) is 0.829. The monoisotopic (exact) mass is 360 g/mol. The molecule has 2 aromatic rings. The molecule has 0 radical (unpaired) electrons. The lowest BCUT2D eigenvalue weighted by Crippen LogP contribution is -2.30. The molecule has 0 aliphatic carbocycles. The van der Waals surface area contributed by atoms with Gasteiger partial charge in [0.1, 0.15) is 0 Å². The van der Waals surface area contributed by atoms with Gasteiger partial charge in [-0.05, 0) is 42.5 Å². The smallest absolute Gasteiger partial charge is 0.252 e. The predicted octanol–water partition coefficient (Wildman–Crippen LogP) is 3.16. The molecule has 0 spiro atoms. The highest BCUT2D eigenvalue weighted by Gasteiger charge is 2.20. The van der Waals surface area contributed by atoms with E-state index in [0.29, 0.717) is 17.0 Å². The minimum atomic E-state index is -3.86. The number of carbonyl (C=O) groups is 1. The molecule has 0 heterocycles.